The Kier molecular flexibility index (Phi) is 1.92. The van der Waals surface area contributed by atoms with Gasteiger partial charge in [-0.15, -0.1) is 0 Å². The molecule has 0 spiro atoms. The Morgan fingerprint density at radius 3 is 2.50 bits per heavy atom. The zero-order chi connectivity index (χ0) is 7.72. The van der Waals surface area contributed by atoms with Crippen LogP contribution in [0.25, 0.3) is 0 Å². The first kappa shape index (κ1) is 7.50. The maximum absolute atomic E-state index is 10.7. The molecular formula is C4H4Cl2N2O2. The summed E-state index contributed by atoms with van der Waals surface area (Å²) in [6.45, 7) is 0. The third kappa shape index (κ3) is 1.27. The molecule has 0 unspecified atom stereocenters. The highest BCUT2D eigenvalue weighted by Gasteiger charge is 2.06. The van der Waals surface area contributed by atoms with Gasteiger partial charge in [0.05, 0.1) is 6.20 Å². The van der Waals surface area contributed by atoms with Gasteiger partial charge < -0.3 is 5.11 Å². The Morgan fingerprint density at radius 2 is 2.30 bits per heavy atom. The average Bonchev–Trinajstić information content (AvgIpc) is 2.10. The largest absolute Gasteiger partial charge is 0.493 e. The summed E-state index contributed by atoms with van der Waals surface area (Å²) in [5, 5.41) is 8.69. The molecule has 0 amide bonds. The second-order valence-corrected chi connectivity index (χ2v) is 2.68. The van der Waals surface area contributed by atoms with E-state index in [1.54, 1.807) is 0 Å². The van der Waals surface area contributed by atoms with Crippen LogP contribution in [0, 0.1) is 0 Å². The van der Waals surface area contributed by atoms with Gasteiger partial charge in [-0.25, -0.2) is 4.79 Å². The topological polar surface area (TPSA) is 58.0 Å². The van der Waals surface area contributed by atoms with Crippen LogP contribution in [0.2, 0.25) is 0 Å². The molecule has 0 saturated carbocycles. The number of aromatic amines is 1. The molecule has 1 aromatic heterocycles. The minimum absolute atomic E-state index is 0.253. The first-order valence-electron chi connectivity index (χ1n) is 2.39. The molecule has 0 saturated heterocycles. The maximum atomic E-state index is 10.7. The van der Waals surface area contributed by atoms with Gasteiger partial charge in [0.1, 0.15) is 0 Å². The first-order chi connectivity index (χ1) is 4.61. The number of hydrogen-bond acceptors (Lipinski definition) is 2. The monoisotopic (exact) mass is 182 g/mol. The molecule has 56 valence electrons. The molecule has 0 aliphatic rings. The Balaban J connectivity index is 3.16. The van der Waals surface area contributed by atoms with Crippen molar-refractivity contribution in [3.63, 3.8) is 0 Å². The molecule has 1 aromatic rings. The molecule has 4 nitrogen and oxygen atoms in total. The number of aromatic nitrogens is 2. The van der Waals surface area contributed by atoms with Crippen LogP contribution in [0.1, 0.15) is 4.96 Å². The molecule has 1 rings (SSSR count). The Labute approximate surface area is 66.0 Å². The molecule has 1 heterocycles. The van der Waals surface area contributed by atoms with Gasteiger partial charge in [0.15, 0.2) is 4.96 Å². The predicted octanol–water partition coefficient (Wildman–Crippen LogP) is 0.816. The SMILES string of the molecule is O=c1[nH]c(O)cn1C(Cl)Cl. The van der Waals surface area contributed by atoms with E-state index < -0.39 is 10.6 Å². The quantitative estimate of drug-likeness (QED) is 0.633. The second-order valence-electron chi connectivity index (χ2n) is 1.63. The van der Waals surface area contributed by atoms with Crippen molar-refractivity contribution < 1.29 is 5.11 Å². The van der Waals surface area contributed by atoms with Crippen molar-refractivity contribution in [2.45, 2.75) is 4.96 Å². The van der Waals surface area contributed by atoms with Crippen LogP contribution < -0.4 is 5.69 Å². The number of hydrogen-bond donors (Lipinski definition) is 2. The van der Waals surface area contributed by atoms with E-state index in [2.05, 4.69) is 4.98 Å². The lowest BCUT2D eigenvalue weighted by Gasteiger charge is -1.96. The van der Waals surface area contributed by atoms with Crippen LogP contribution >= 0.6 is 23.2 Å². The van der Waals surface area contributed by atoms with Gasteiger partial charge >= 0.3 is 5.69 Å². The molecule has 0 aliphatic carbocycles. The zero-order valence-corrected chi connectivity index (χ0v) is 6.23. The van der Waals surface area contributed by atoms with E-state index in [9.17, 15) is 4.79 Å². The van der Waals surface area contributed by atoms with Crippen LogP contribution in [0.5, 0.6) is 5.88 Å². The maximum Gasteiger partial charge on any atom is 0.330 e. The van der Waals surface area contributed by atoms with Crippen LogP contribution in [0.4, 0.5) is 0 Å². The summed E-state index contributed by atoms with van der Waals surface area (Å²) in [6.07, 6.45) is 1.12. The van der Waals surface area contributed by atoms with Crippen molar-refractivity contribution in [3.05, 3.63) is 16.7 Å². The lowest BCUT2D eigenvalue weighted by Crippen LogP contribution is -2.15. The van der Waals surface area contributed by atoms with Crippen molar-refractivity contribution in [1.29, 1.82) is 0 Å². The Bertz CT molecular complexity index is 277. The molecular weight excluding hydrogens is 179 g/mol. The van der Waals surface area contributed by atoms with Crippen molar-refractivity contribution in [2.24, 2.45) is 0 Å². The summed E-state index contributed by atoms with van der Waals surface area (Å²) < 4.78 is 0.957. The Morgan fingerprint density at radius 1 is 1.70 bits per heavy atom. The molecule has 10 heavy (non-hydrogen) atoms. The normalized spacial score (nSPS) is 10.7. The number of imidazole rings is 1. The fourth-order valence-electron chi connectivity index (χ4n) is 0.542. The summed E-state index contributed by atoms with van der Waals surface area (Å²) in [4.78, 5) is 11.8. The number of aromatic hydroxyl groups is 1. The van der Waals surface area contributed by atoms with Crippen LogP contribution in [0.3, 0.4) is 0 Å². The van der Waals surface area contributed by atoms with E-state index >= 15 is 0 Å². The number of nitrogens with one attached hydrogen (secondary N) is 1. The molecule has 0 aromatic carbocycles. The van der Waals surface area contributed by atoms with Crippen LogP contribution in [-0.2, 0) is 0 Å². The molecule has 0 atom stereocenters. The third-order valence-corrected chi connectivity index (χ3v) is 1.36. The number of rotatable bonds is 1. The van der Waals surface area contributed by atoms with Crippen molar-refractivity contribution in [3.8, 4) is 5.88 Å². The minimum atomic E-state index is -0.968. The highest BCUT2D eigenvalue weighted by atomic mass is 35.5. The van der Waals surface area contributed by atoms with Gasteiger partial charge in [-0.05, 0) is 0 Å². The highest BCUT2D eigenvalue weighted by molar-refractivity contribution is 6.42. The first-order valence-corrected chi connectivity index (χ1v) is 3.27. The van der Waals surface area contributed by atoms with Crippen molar-refractivity contribution in [2.75, 3.05) is 0 Å². The van der Waals surface area contributed by atoms with Crippen molar-refractivity contribution >= 4 is 23.2 Å². The van der Waals surface area contributed by atoms with Gasteiger partial charge in [0, 0.05) is 0 Å². The molecule has 6 heteroatoms. The van der Waals surface area contributed by atoms with E-state index in [0.29, 0.717) is 0 Å². The van der Waals surface area contributed by atoms with E-state index in [1.807, 2.05) is 0 Å². The van der Waals surface area contributed by atoms with Crippen LogP contribution in [0.15, 0.2) is 11.0 Å². The van der Waals surface area contributed by atoms with E-state index in [4.69, 9.17) is 28.3 Å². The van der Waals surface area contributed by atoms with E-state index in [-0.39, 0.29) is 5.88 Å². The summed E-state index contributed by atoms with van der Waals surface area (Å²) >= 11 is 10.6. The van der Waals surface area contributed by atoms with Gasteiger partial charge in [-0.2, -0.15) is 0 Å². The number of alkyl halides is 2. The lowest BCUT2D eigenvalue weighted by atomic mass is 10.8. The van der Waals surface area contributed by atoms with Gasteiger partial charge in [-0.1, -0.05) is 23.2 Å². The van der Waals surface area contributed by atoms with Gasteiger partial charge in [-0.3, -0.25) is 9.55 Å². The average molecular weight is 183 g/mol. The number of H-pyrrole nitrogens is 1. The molecule has 0 fully saturated rings. The standard InChI is InChI=1S/C4H4Cl2N2O2/c5-3(6)8-1-2(9)7-4(8)10/h1,3,9H,(H,7,10). The second kappa shape index (κ2) is 2.56. The summed E-state index contributed by atoms with van der Waals surface area (Å²) in [5.41, 5.74) is -0.535. The zero-order valence-electron chi connectivity index (χ0n) is 4.71. The fourth-order valence-corrected chi connectivity index (χ4v) is 0.832. The molecule has 0 aliphatic heterocycles. The lowest BCUT2D eigenvalue weighted by molar-refractivity contribution is 0.455. The predicted molar refractivity (Wildman–Crippen MR) is 37.5 cm³/mol. The summed E-state index contributed by atoms with van der Waals surface area (Å²) in [7, 11) is 0. The third-order valence-electron chi connectivity index (χ3n) is 0.941. The fraction of sp³-hybridized carbons (Fsp3) is 0.250. The van der Waals surface area contributed by atoms with E-state index in [0.717, 1.165) is 10.8 Å². The van der Waals surface area contributed by atoms with Crippen molar-refractivity contribution in [1.82, 2.24) is 9.55 Å². The number of nitrogens with zero attached hydrogens (tertiary/aromatic N) is 1. The summed E-state index contributed by atoms with van der Waals surface area (Å²) in [6, 6.07) is 0. The van der Waals surface area contributed by atoms with E-state index in [1.165, 1.54) is 0 Å². The van der Waals surface area contributed by atoms with Gasteiger partial charge in [0.2, 0.25) is 5.88 Å². The summed E-state index contributed by atoms with van der Waals surface area (Å²) in [5.74, 6) is -0.253. The van der Waals surface area contributed by atoms with Crippen LogP contribution in [-0.4, -0.2) is 14.7 Å². The molecule has 2 N–H and O–H groups in total. The molecule has 0 radical (unpaired) electrons. The Hall–Kier alpha value is -0.610. The smallest absolute Gasteiger partial charge is 0.330 e. The minimum Gasteiger partial charge on any atom is -0.493 e. The van der Waals surface area contributed by atoms with Gasteiger partial charge in [0.25, 0.3) is 0 Å². The highest BCUT2D eigenvalue weighted by Crippen LogP contribution is 2.15. The molecule has 0 bridgehead atoms. The number of halogens is 2.